The van der Waals surface area contributed by atoms with Crippen LogP contribution in [0.2, 0.25) is 10.0 Å². The summed E-state index contributed by atoms with van der Waals surface area (Å²) >= 11 is 15.9. The van der Waals surface area contributed by atoms with Gasteiger partial charge in [0.15, 0.2) is 11.0 Å². The van der Waals surface area contributed by atoms with E-state index in [4.69, 9.17) is 27.9 Å². The van der Waals surface area contributed by atoms with Gasteiger partial charge in [-0.15, -0.1) is 21.5 Å². The van der Waals surface area contributed by atoms with E-state index in [1.165, 1.54) is 28.7 Å². The Morgan fingerprint density at radius 3 is 2.62 bits per heavy atom. The molecule has 1 fully saturated rings. The zero-order valence-electron chi connectivity index (χ0n) is 24.5. The molecule has 0 aliphatic carbocycles. The van der Waals surface area contributed by atoms with Crippen LogP contribution < -0.4 is 4.74 Å². The Bertz CT molecular complexity index is 1800. The quantitative estimate of drug-likeness (QED) is 0.142. The molecule has 8 nitrogen and oxygen atoms in total. The topological polar surface area (TPSA) is 76.4 Å². The molecule has 5 aromatic rings. The number of hydrogen-bond acceptors (Lipinski definition) is 8. The number of carbonyl (C=O) groups excluding carboxylic acids is 1. The first kappa shape index (κ1) is 31.3. The van der Waals surface area contributed by atoms with Crippen LogP contribution in [0.15, 0.2) is 89.4 Å². The van der Waals surface area contributed by atoms with Gasteiger partial charge in [-0.3, -0.25) is 14.3 Å². The average Bonchev–Trinajstić information content (AvgIpc) is 3.73. The molecule has 0 spiro atoms. The molecule has 1 amide bonds. The number of carbonyl (C=O) groups is 1. The van der Waals surface area contributed by atoms with E-state index in [-0.39, 0.29) is 5.91 Å². The average molecular weight is 678 g/mol. The lowest BCUT2D eigenvalue weighted by atomic mass is 10.2. The molecular weight excluding hydrogens is 647 g/mol. The zero-order chi connectivity index (χ0) is 31.2. The maximum Gasteiger partial charge on any atom is 0.273 e. The van der Waals surface area contributed by atoms with Gasteiger partial charge in [-0.05, 0) is 35.9 Å². The van der Waals surface area contributed by atoms with Gasteiger partial charge in [0.1, 0.15) is 16.5 Å². The van der Waals surface area contributed by atoms with Gasteiger partial charge in [-0.1, -0.05) is 89.6 Å². The van der Waals surface area contributed by atoms with Crippen LogP contribution >= 0.6 is 46.3 Å². The lowest BCUT2D eigenvalue weighted by Gasteiger charge is -2.33. The molecule has 230 valence electrons. The molecule has 3 heterocycles. The second-order valence-corrected chi connectivity index (χ2v) is 13.0. The third-order valence-electron chi connectivity index (χ3n) is 7.34. The molecule has 0 unspecified atom stereocenters. The van der Waals surface area contributed by atoms with Crippen LogP contribution in [-0.4, -0.2) is 75.3 Å². The molecule has 45 heavy (non-hydrogen) atoms. The highest BCUT2D eigenvalue weighted by atomic mass is 35.5. The van der Waals surface area contributed by atoms with Crippen LogP contribution in [0.5, 0.6) is 5.75 Å². The number of halogens is 2. The summed E-state index contributed by atoms with van der Waals surface area (Å²) in [5.41, 5.74) is 3.15. The van der Waals surface area contributed by atoms with Gasteiger partial charge in [-0.25, -0.2) is 4.98 Å². The fourth-order valence-electron chi connectivity index (χ4n) is 4.99. The molecule has 3 aromatic carbocycles. The van der Waals surface area contributed by atoms with E-state index < -0.39 is 0 Å². The highest BCUT2D eigenvalue weighted by Crippen LogP contribution is 2.35. The molecule has 0 saturated carbocycles. The number of hydrogen-bond donors (Lipinski definition) is 0. The van der Waals surface area contributed by atoms with Crippen LogP contribution in [0, 0.1) is 0 Å². The Hall–Kier alpha value is -3.67. The first-order valence-electron chi connectivity index (χ1n) is 14.3. The number of benzene rings is 3. The van der Waals surface area contributed by atoms with Crippen molar-refractivity contribution < 1.29 is 9.53 Å². The van der Waals surface area contributed by atoms with Gasteiger partial charge in [-0.2, -0.15) is 0 Å². The van der Waals surface area contributed by atoms with Gasteiger partial charge in [0.2, 0.25) is 0 Å². The fourth-order valence-corrected chi connectivity index (χ4v) is 7.09. The van der Waals surface area contributed by atoms with Gasteiger partial charge in [0.05, 0.1) is 23.6 Å². The Morgan fingerprint density at radius 1 is 1.00 bits per heavy atom. The second-order valence-electron chi connectivity index (χ2n) is 10.3. The van der Waals surface area contributed by atoms with Crippen molar-refractivity contribution in [3.8, 4) is 22.8 Å². The first-order valence-corrected chi connectivity index (χ1v) is 17.0. The third kappa shape index (κ3) is 7.59. The number of ether oxygens (including phenoxy) is 1. The zero-order valence-corrected chi connectivity index (χ0v) is 27.6. The number of amides is 1. The maximum atomic E-state index is 13.3. The summed E-state index contributed by atoms with van der Waals surface area (Å²) in [5, 5.41) is 13.3. The lowest BCUT2D eigenvalue weighted by molar-refractivity contribution is 0.0645. The van der Waals surface area contributed by atoms with Crippen molar-refractivity contribution >= 4 is 58.3 Å². The molecule has 0 N–H and O–H groups in total. The normalized spacial score (nSPS) is 13.9. The van der Waals surface area contributed by atoms with Crippen molar-refractivity contribution in [2.45, 2.75) is 10.9 Å². The van der Waals surface area contributed by atoms with Gasteiger partial charge >= 0.3 is 0 Å². The number of methoxy groups -OCH3 is 1. The number of aromatic nitrogens is 4. The van der Waals surface area contributed by atoms with E-state index in [9.17, 15) is 4.79 Å². The van der Waals surface area contributed by atoms with Crippen molar-refractivity contribution in [1.82, 2.24) is 29.5 Å². The highest BCUT2D eigenvalue weighted by Gasteiger charge is 2.24. The van der Waals surface area contributed by atoms with Crippen LogP contribution in [0.3, 0.4) is 0 Å². The lowest BCUT2D eigenvalue weighted by Crippen LogP contribution is -2.48. The number of rotatable bonds is 10. The Labute approximate surface area is 280 Å². The number of thioether (sulfide) groups is 1. The second kappa shape index (κ2) is 14.6. The van der Waals surface area contributed by atoms with Crippen molar-refractivity contribution in [2.75, 3.05) is 39.8 Å². The van der Waals surface area contributed by atoms with Crippen LogP contribution in [0.1, 0.15) is 21.1 Å². The van der Waals surface area contributed by atoms with Crippen molar-refractivity contribution in [3.63, 3.8) is 0 Å². The summed E-state index contributed by atoms with van der Waals surface area (Å²) in [6, 6.07) is 23.2. The van der Waals surface area contributed by atoms with E-state index in [1.54, 1.807) is 25.3 Å². The molecule has 0 radical (unpaired) electrons. The molecule has 0 bridgehead atoms. The number of piperazine rings is 1. The minimum absolute atomic E-state index is 0.0313. The third-order valence-corrected chi connectivity index (χ3v) is 9.87. The SMILES string of the molecule is COc1cccc(-c2nnc(SCc3nc(C(=O)N4CCN(C/C=C/c5ccccc5)CC4)cs3)n2-c2cc(Cl)ccc2Cl)c1. The first-order chi connectivity index (χ1) is 22.0. The smallest absolute Gasteiger partial charge is 0.273 e. The summed E-state index contributed by atoms with van der Waals surface area (Å²) in [6.45, 7) is 3.87. The minimum Gasteiger partial charge on any atom is -0.497 e. The number of nitrogens with zero attached hydrogens (tertiary/aromatic N) is 6. The van der Waals surface area contributed by atoms with Gasteiger partial charge in [0.25, 0.3) is 5.91 Å². The van der Waals surface area contributed by atoms with Crippen molar-refractivity contribution in [2.24, 2.45) is 0 Å². The summed E-state index contributed by atoms with van der Waals surface area (Å²) in [4.78, 5) is 22.2. The van der Waals surface area contributed by atoms with E-state index in [0.717, 1.165) is 30.2 Å². The van der Waals surface area contributed by atoms with Crippen molar-refractivity contribution in [3.05, 3.63) is 111 Å². The van der Waals surface area contributed by atoms with E-state index in [0.29, 0.717) is 57.0 Å². The summed E-state index contributed by atoms with van der Waals surface area (Å²) < 4.78 is 7.32. The number of thiazole rings is 1. The minimum atomic E-state index is -0.0313. The van der Waals surface area contributed by atoms with E-state index >= 15 is 0 Å². The molecule has 2 aromatic heterocycles. The van der Waals surface area contributed by atoms with E-state index in [1.807, 2.05) is 57.3 Å². The predicted molar refractivity (Wildman–Crippen MR) is 183 cm³/mol. The predicted octanol–water partition coefficient (Wildman–Crippen LogP) is 7.47. The van der Waals surface area contributed by atoms with Crippen LogP contribution in [-0.2, 0) is 5.75 Å². The Balaban J connectivity index is 1.11. The fraction of sp³-hybridized carbons (Fsp3) is 0.212. The molecule has 1 aliphatic rings. The molecule has 1 aliphatic heterocycles. The van der Waals surface area contributed by atoms with Crippen LogP contribution in [0.25, 0.3) is 23.2 Å². The van der Waals surface area contributed by atoms with Crippen LogP contribution in [0.4, 0.5) is 0 Å². The van der Waals surface area contributed by atoms with E-state index in [2.05, 4.69) is 44.4 Å². The van der Waals surface area contributed by atoms with Crippen molar-refractivity contribution in [1.29, 1.82) is 0 Å². The summed E-state index contributed by atoms with van der Waals surface area (Å²) in [7, 11) is 1.62. The molecular formula is C33H30Cl2N6O2S2. The van der Waals surface area contributed by atoms with Gasteiger partial charge in [0, 0.05) is 48.7 Å². The standard InChI is InChI=1S/C33H30Cl2N6O2S2/c1-43-26-11-5-10-24(19-26)31-37-38-33(41(31)29-20-25(34)12-13-27(29)35)45-22-30-36-28(21-44-30)32(42)40-17-15-39(16-18-40)14-6-9-23-7-3-2-4-8-23/h2-13,19-21H,14-18,22H2,1H3/b9-6+. The summed E-state index contributed by atoms with van der Waals surface area (Å²) in [6.07, 6.45) is 4.32. The monoisotopic (exact) mass is 676 g/mol. The summed E-state index contributed by atoms with van der Waals surface area (Å²) in [5.74, 6) is 1.78. The largest absolute Gasteiger partial charge is 0.497 e. The van der Waals surface area contributed by atoms with Gasteiger partial charge < -0.3 is 9.64 Å². The maximum absolute atomic E-state index is 13.3. The molecule has 6 rings (SSSR count). The highest BCUT2D eigenvalue weighted by molar-refractivity contribution is 7.98. The Morgan fingerprint density at radius 2 is 1.82 bits per heavy atom. The molecule has 12 heteroatoms. The molecule has 1 saturated heterocycles. The Kier molecular flexibility index (Phi) is 10.2. The molecule has 0 atom stereocenters.